The maximum atomic E-state index is 7.78. The second-order valence-corrected chi connectivity index (χ2v) is 7.63. The summed E-state index contributed by atoms with van der Waals surface area (Å²) in [5.74, 6) is 0. The van der Waals surface area contributed by atoms with Crippen LogP contribution in [0, 0.1) is 6.57 Å². The van der Waals surface area contributed by atoms with Gasteiger partial charge in [0.2, 0.25) is 0 Å². The first-order valence-electron chi connectivity index (χ1n) is 9.69. The maximum absolute atomic E-state index is 7.78. The smallest absolute Gasteiger partial charge is 0.268 e. The van der Waals surface area contributed by atoms with Crippen molar-refractivity contribution in [2.24, 2.45) is 0 Å². The Labute approximate surface area is 172 Å². The minimum atomic E-state index is -0.708. The normalized spacial score (nSPS) is 11.8. The van der Waals surface area contributed by atoms with Gasteiger partial charge in [0.05, 0.1) is 12.5 Å². The summed E-state index contributed by atoms with van der Waals surface area (Å²) in [6.45, 7) is 11.7. The summed E-state index contributed by atoms with van der Waals surface area (Å²) in [5, 5.41) is 0. The van der Waals surface area contributed by atoms with Gasteiger partial charge in [0, 0.05) is 13.8 Å². The van der Waals surface area contributed by atoms with Crippen molar-refractivity contribution in [2.45, 2.75) is 24.9 Å². The number of hydrogen-bond acceptors (Lipinski definition) is 1. The second-order valence-electron chi connectivity index (χ2n) is 7.63. The Morgan fingerprint density at radius 2 is 1.14 bits per heavy atom. The number of aromatic nitrogens is 2. The third kappa shape index (κ3) is 3.03. The van der Waals surface area contributed by atoms with Crippen molar-refractivity contribution in [2.75, 3.05) is 0 Å². The minimum Gasteiger partial charge on any atom is -0.309 e. The highest BCUT2D eigenvalue weighted by atomic mass is 15.1. The maximum Gasteiger partial charge on any atom is 0.268 e. The molecule has 0 unspecified atom stereocenters. The van der Waals surface area contributed by atoms with Crippen LogP contribution in [0.3, 0.4) is 0 Å². The molecule has 3 aromatic carbocycles. The van der Waals surface area contributed by atoms with Gasteiger partial charge in [-0.15, -0.1) is 0 Å². The van der Waals surface area contributed by atoms with Gasteiger partial charge < -0.3 is 9.41 Å². The zero-order valence-electron chi connectivity index (χ0n) is 16.7. The van der Waals surface area contributed by atoms with Gasteiger partial charge in [-0.2, -0.15) is 0 Å². The van der Waals surface area contributed by atoms with E-state index < -0.39 is 11.1 Å². The molecule has 3 heteroatoms. The van der Waals surface area contributed by atoms with Crippen molar-refractivity contribution < 1.29 is 0 Å². The van der Waals surface area contributed by atoms with Crippen molar-refractivity contribution >= 4 is 0 Å². The molecule has 4 rings (SSSR count). The highest BCUT2D eigenvalue weighted by Crippen LogP contribution is 2.43. The predicted octanol–water partition coefficient (Wildman–Crippen LogP) is 5.88. The Morgan fingerprint density at radius 3 is 1.52 bits per heavy atom. The molecule has 0 fully saturated rings. The molecule has 0 spiro atoms. The third-order valence-electron chi connectivity index (χ3n) is 5.48. The first kappa shape index (κ1) is 18.7. The SMILES string of the molecule is [C-]#[N+]C(C)(C)c1cncn1C(c1ccccc1)(c1ccccc1)c1ccccc1. The quantitative estimate of drug-likeness (QED) is 0.315. The van der Waals surface area contributed by atoms with Crippen LogP contribution in [-0.4, -0.2) is 9.55 Å². The average Bonchev–Trinajstić information content (AvgIpc) is 3.28. The second kappa shape index (κ2) is 7.41. The Bertz CT molecular complexity index is 1020. The summed E-state index contributed by atoms with van der Waals surface area (Å²) in [6, 6.07) is 31.3. The van der Waals surface area contributed by atoms with Crippen LogP contribution < -0.4 is 0 Å². The molecule has 29 heavy (non-hydrogen) atoms. The Balaban J connectivity index is 2.17. The molecule has 0 amide bonds. The molecule has 0 radical (unpaired) electrons. The number of benzene rings is 3. The van der Waals surface area contributed by atoms with E-state index in [1.807, 2.05) is 44.6 Å². The van der Waals surface area contributed by atoms with Crippen LogP contribution in [0.4, 0.5) is 0 Å². The van der Waals surface area contributed by atoms with Gasteiger partial charge in [0.1, 0.15) is 11.2 Å². The average molecular weight is 377 g/mol. The van der Waals surface area contributed by atoms with Gasteiger partial charge in [-0.25, -0.2) is 11.6 Å². The third-order valence-corrected chi connectivity index (χ3v) is 5.48. The summed E-state index contributed by atoms with van der Waals surface area (Å²) in [5.41, 5.74) is 2.90. The van der Waals surface area contributed by atoms with E-state index in [9.17, 15) is 0 Å². The lowest BCUT2D eigenvalue weighted by atomic mass is 9.76. The molecule has 0 saturated carbocycles. The van der Waals surface area contributed by atoms with Crippen molar-refractivity contribution in [1.82, 2.24) is 9.55 Å². The molecular formula is C26H23N3. The fourth-order valence-electron chi connectivity index (χ4n) is 4.03. The van der Waals surface area contributed by atoms with Crippen LogP contribution in [-0.2, 0) is 11.1 Å². The molecule has 0 aliphatic carbocycles. The summed E-state index contributed by atoms with van der Waals surface area (Å²) in [7, 11) is 0. The molecule has 1 aromatic heterocycles. The van der Waals surface area contributed by atoms with Crippen molar-refractivity contribution in [3.63, 3.8) is 0 Å². The van der Waals surface area contributed by atoms with Crippen molar-refractivity contribution in [1.29, 1.82) is 0 Å². The number of imidazole rings is 1. The Morgan fingerprint density at radius 1 is 0.724 bits per heavy atom. The number of rotatable bonds is 5. The van der Waals surface area contributed by atoms with Crippen LogP contribution in [0.5, 0.6) is 0 Å². The fraction of sp³-hybridized carbons (Fsp3) is 0.154. The zero-order chi connectivity index (χ0) is 20.3. The molecule has 0 atom stereocenters. The van der Waals surface area contributed by atoms with Crippen LogP contribution in [0.2, 0.25) is 0 Å². The number of nitrogens with zero attached hydrogens (tertiary/aromatic N) is 3. The summed E-state index contributed by atoms with van der Waals surface area (Å²) in [4.78, 5) is 8.41. The zero-order valence-corrected chi connectivity index (χ0v) is 16.7. The van der Waals surface area contributed by atoms with E-state index in [0.717, 1.165) is 22.4 Å². The van der Waals surface area contributed by atoms with Crippen LogP contribution >= 0.6 is 0 Å². The lowest BCUT2D eigenvalue weighted by molar-refractivity contribution is 0.461. The summed E-state index contributed by atoms with van der Waals surface area (Å²) >= 11 is 0. The molecule has 0 bridgehead atoms. The Kier molecular flexibility index (Phi) is 4.78. The monoisotopic (exact) mass is 377 g/mol. The van der Waals surface area contributed by atoms with Gasteiger partial charge in [0.15, 0.2) is 0 Å². The molecule has 142 valence electrons. The van der Waals surface area contributed by atoms with Gasteiger partial charge in [-0.1, -0.05) is 91.0 Å². The highest BCUT2D eigenvalue weighted by Gasteiger charge is 2.43. The molecule has 3 nitrogen and oxygen atoms in total. The minimum absolute atomic E-state index is 0.641. The highest BCUT2D eigenvalue weighted by molar-refractivity contribution is 5.51. The van der Waals surface area contributed by atoms with Gasteiger partial charge in [0.25, 0.3) is 5.54 Å². The largest absolute Gasteiger partial charge is 0.309 e. The van der Waals surface area contributed by atoms with E-state index in [-0.39, 0.29) is 0 Å². The topological polar surface area (TPSA) is 22.2 Å². The standard InChI is InChI=1S/C26H23N3/c1-25(2,27-3)24-19-28-20-29(24)26(21-13-7-4-8-14-21,22-15-9-5-10-16-22)23-17-11-6-12-18-23/h4-20H,1-2H3. The van der Waals surface area contributed by atoms with Crippen LogP contribution in [0.25, 0.3) is 4.85 Å². The van der Waals surface area contributed by atoms with E-state index in [2.05, 4.69) is 87.2 Å². The molecule has 1 heterocycles. The number of hydrogen-bond donors (Lipinski definition) is 0. The van der Waals surface area contributed by atoms with Gasteiger partial charge in [-0.05, 0) is 16.7 Å². The van der Waals surface area contributed by atoms with E-state index in [1.165, 1.54) is 0 Å². The lowest BCUT2D eigenvalue weighted by Gasteiger charge is -2.39. The van der Waals surface area contributed by atoms with Gasteiger partial charge in [-0.3, -0.25) is 0 Å². The predicted molar refractivity (Wildman–Crippen MR) is 116 cm³/mol. The van der Waals surface area contributed by atoms with Gasteiger partial charge >= 0.3 is 0 Å². The van der Waals surface area contributed by atoms with E-state index >= 15 is 0 Å². The van der Waals surface area contributed by atoms with E-state index in [1.54, 1.807) is 0 Å². The van der Waals surface area contributed by atoms with E-state index in [0.29, 0.717) is 0 Å². The van der Waals surface area contributed by atoms with E-state index in [4.69, 9.17) is 6.57 Å². The first-order valence-corrected chi connectivity index (χ1v) is 9.69. The van der Waals surface area contributed by atoms with Crippen molar-refractivity contribution in [3.8, 4) is 0 Å². The molecule has 0 saturated heterocycles. The van der Waals surface area contributed by atoms with Crippen LogP contribution in [0.1, 0.15) is 36.2 Å². The Hall–Kier alpha value is -3.64. The molecule has 0 aliphatic rings. The molecule has 0 N–H and O–H groups in total. The summed E-state index contributed by atoms with van der Waals surface area (Å²) < 4.78 is 2.17. The molecule has 0 aliphatic heterocycles. The van der Waals surface area contributed by atoms with Crippen molar-refractivity contribution in [3.05, 3.63) is 137 Å². The molecular weight excluding hydrogens is 354 g/mol. The molecule has 4 aromatic rings. The summed E-state index contributed by atoms with van der Waals surface area (Å²) in [6.07, 6.45) is 3.68. The first-order chi connectivity index (χ1) is 14.1. The lowest BCUT2D eigenvalue weighted by Crippen LogP contribution is -2.40. The fourth-order valence-corrected chi connectivity index (χ4v) is 4.03. The van der Waals surface area contributed by atoms with Crippen LogP contribution in [0.15, 0.2) is 104 Å².